The Balaban J connectivity index is 2.55. The van der Waals surface area contributed by atoms with Gasteiger partial charge >= 0.3 is 6.03 Å². The van der Waals surface area contributed by atoms with Gasteiger partial charge in [0.2, 0.25) is 5.91 Å². The fraction of sp³-hybridized carbons (Fsp3) is 0.467. The summed E-state index contributed by atoms with van der Waals surface area (Å²) in [4.78, 5) is 23.2. The van der Waals surface area contributed by atoms with Gasteiger partial charge in [0.25, 0.3) is 0 Å². The minimum absolute atomic E-state index is 0.00569. The van der Waals surface area contributed by atoms with Crippen LogP contribution in [0.25, 0.3) is 0 Å². The number of urea groups is 1. The Morgan fingerprint density at radius 3 is 2.40 bits per heavy atom. The van der Waals surface area contributed by atoms with Gasteiger partial charge in [-0.1, -0.05) is 19.9 Å². The highest BCUT2D eigenvalue weighted by Gasteiger charge is 2.05. The zero-order valence-electron chi connectivity index (χ0n) is 12.3. The summed E-state index contributed by atoms with van der Waals surface area (Å²) in [6.07, 6.45) is 1.37. The molecule has 0 aliphatic carbocycles. The van der Waals surface area contributed by atoms with Crippen LogP contribution in [0.1, 0.15) is 33.6 Å². The number of carbonyl (C=O) groups is 2. The summed E-state index contributed by atoms with van der Waals surface area (Å²) in [5, 5.41) is 8.19. The second kappa shape index (κ2) is 8.19. The lowest BCUT2D eigenvalue weighted by molar-refractivity contribution is -0.116. The number of amides is 3. The Morgan fingerprint density at radius 1 is 1.15 bits per heavy atom. The highest BCUT2D eigenvalue weighted by molar-refractivity contribution is 5.93. The van der Waals surface area contributed by atoms with Crippen LogP contribution in [0.3, 0.4) is 0 Å². The van der Waals surface area contributed by atoms with Gasteiger partial charge in [-0.25, -0.2) is 4.79 Å². The molecule has 1 aromatic rings. The van der Waals surface area contributed by atoms with Gasteiger partial charge in [-0.2, -0.15) is 0 Å². The highest BCUT2D eigenvalue weighted by Crippen LogP contribution is 2.16. The molecule has 0 unspecified atom stereocenters. The summed E-state index contributed by atoms with van der Waals surface area (Å²) in [5.74, 6) is 0.500. The van der Waals surface area contributed by atoms with E-state index in [1.54, 1.807) is 24.3 Å². The Hall–Kier alpha value is -2.04. The minimum atomic E-state index is -0.254. The van der Waals surface area contributed by atoms with Crippen molar-refractivity contribution in [2.24, 2.45) is 5.92 Å². The monoisotopic (exact) mass is 277 g/mol. The Kier molecular flexibility index (Phi) is 6.56. The molecular weight excluding hydrogens is 254 g/mol. The first kappa shape index (κ1) is 16.0. The average Bonchev–Trinajstić information content (AvgIpc) is 2.37. The topological polar surface area (TPSA) is 70.2 Å². The summed E-state index contributed by atoms with van der Waals surface area (Å²) >= 11 is 0. The highest BCUT2D eigenvalue weighted by atomic mass is 16.2. The molecule has 0 aliphatic rings. The second-order valence-corrected chi connectivity index (χ2v) is 5.05. The van der Waals surface area contributed by atoms with Gasteiger partial charge in [0.1, 0.15) is 0 Å². The molecule has 3 N–H and O–H groups in total. The first-order chi connectivity index (χ1) is 9.51. The third-order valence-electron chi connectivity index (χ3n) is 2.69. The van der Waals surface area contributed by atoms with E-state index in [2.05, 4.69) is 29.8 Å². The summed E-state index contributed by atoms with van der Waals surface area (Å²) < 4.78 is 0. The molecule has 0 saturated heterocycles. The lowest BCUT2D eigenvalue weighted by Crippen LogP contribution is -2.28. The Labute approximate surface area is 120 Å². The van der Waals surface area contributed by atoms with E-state index in [0.717, 1.165) is 6.42 Å². The summed E-state index contributed by atoms with van der Waals surface area (Å²) in [7, 11) is 0. The van der Waals surface area contributed by atoms with Crippen molar-refractivity contribution in [1.29, 1.82) is 0 Å². The van der Waals surface area contributed by atoms with E-state index in [1.165, 1.54) is 0 Å². The molecule has 3 amide bonds. The molecule has 20 heavy (non-hydrogen) atoms. The van der Waals surface area contributed by atoms with Gasteiger partial charge in [-0.15, -0.1) is 0 Å². The molecule has 0 aromatic heterocycles. The van der Waals surface area contributed by atoms with E-state index < -0.39 is 0 Å². The molecule has 1 aromatic carbocycles. The molecule has 5 heteroatoms. The number of hydrogen-bond acceptors (Lipinski definition) is 2. The molecule has 0 saturated carbocycles. The van der Waals surface area contributed by atoms with Crippen LogP contribution in [-0.2, 0) is 4.79 Å². The van der Waals surface area contributed by atoms with Crippen LogP contribution in [0, 0.1) is 5.92 Å². The SMILES string of the molecule is CCNC(=O)Nc1cccc(NC(=O)CCC(C)C)c1. The lowest BCUT2D eigenvalue weighted by atomic mass is 10.1. The van der Waals surface area contributed by atoms with E-state index in [1.807, 2.05) is 6.92 Å². The zero-order chi connectivity index (χ0) is 15.0. The summed E-state index contributed by atoms with van der Waals surface area (Å²) in [5.41, 5.74) is 1.34. The lowest BCUT2D eigenvalue weighted by Gasteiger charge is -2.09. The molecule has 0 radical (unpaired) electrons. The van der Waals surface area contributed by atoms with Gasteiger partial charge in [-0.3, -0.25) is 4.79 Å². The van der Waals surface area contributed by atoms with E-state index in [4.69, 9.17) is 0 Å². The largest absolute Gasteiger partial charge is 0.338 e. The van der Waals surface area contributed by atoms with Crippen LogP contribution in [0.15, 0.2) is 24.3 Å². The summed E-state index contributed by atoms with van der Waals surface area (Å²) in [6.45, 7) is 6.59. The second-order valence-electron chi connectivity index (χ2n) is 5.05. The van der Waals surface area contributed by atoms with Crippen molar-refractivity contribution < 1.29 is 9.59 Å². The van der Waals surface area contributed by atoms with Crippen molar-refractivity contribution in [2.45, 2.75) is 33.6 Å². The molecule has 1 rings (SSSR count). The van der Waals surface area contributed by atoms with Gasteiger partial charge in [-0.05, 0) is 37.5 Å². The van der Waals surface area contributed by atoms with Crippen molar-refractivity contribution in [1.82, 2.24) is 5.32 Å². The molecular formula is C15H23N3O2. The van der Waals surface area contributed by atoms with Crippen molar-refractivity contribution in [3.05, 3.63) is 24.3 Å². The van der Waals surface area contributed by atoms with Crippen LogP contribution >= 0.6 is 0 Å². The molecule has 0 aliphatic heterocycles. The number of rotatable bonds is 6. The van der Waals surface area contributed by atoms with Gasteiger partial charge in [0, 0.05) is 24.3 Å². The van der Waals surface area contributed by atoms with Crippen LogP contribution in [0.2, 0.25) is 0 Å². The maximum atomic E-state index is 11.7. The first-order valence-corrected chi connectivity index (χ1v) is 6.96. The number of nitrogens with one attached hydrogen (secondary N) is 3. The molecule has 5 nitrogen and oxygen atoms in total. The molecule has 0 fully saturated rings. The van der Waals surface area contributed by atoms with Gasteiger partial charge in [0.05, 0.1) is 0 Å². The van der Waals surface area contributed by atoms with Crippen molar-refractivity contribution >= 4 is 23.3 Å². The predicted molar refractivity (Wildman–Crippen MR) is 81.8 cm³/mol. The minimum Gasteiger partial charge on any atom is -0.338 e. The Morgan fingerprint density at radius 2 is 1.80 bits per heavy atom. The fourth-order valence-electron chi connectivity index (χ4n) is 1.65. The normalized spacial score (nSPS) is 10.2. The molecule has 0 spiro atoms. The number of benzene rings is 1. The smallest absolute Gasteiger partial charge is 0.319 e. The average molecular weight is 277 g/mol. The van der Waals surface area contributed by atoms with Crippen LogP contribution in [-0.4, -0.2) is 18.5 Å². The quantitative estimate of drug-likeness (QED) is 0.747. The van der Waals surface area contributed by atoms with E-state index in [-0.39, 0.29) is 11.9 Å². The predicted octanol–water partition coefficient (Wildman–Crippen LogP) is 3.20. The third kappa shape index (κ3) is 6.22. The van der Waals surface area contributed by atoms with Crippen LogP contribution in [0.4, 0.5) is 16.2 Å². The van der Waals surface area contributed by atoms with Crippen molar-refractivity contribution in [3.8, 4) is 0 Å². The Bertz CT molecular complexity index is 458. The van der Waals surface area contributed by atoms with Crippen molar-refractivity contribution in [3.63, 3.8) is 0 Å². The van der Waals surface area contributed by atoms with Gasteiger partial charge < -0.3 is 16.0 Å². The fourth-order valence-corrected chi connectivity index (χ4v) is 1.65. The zero-order valence-corrected chi connectivity index (χ0v) is 12.3. The standard InChI is InChI=1S/C15H23N3O2/c1-4-16-15(20)18-13-7-5-6-12(10-13)17-14(19)9-8-11(2)3/h5-7,10-11H,4,8-9H2,1-3H3,(H,17,19)(H2,16,18,20). The molecule has 110 valence electrons. The first-order valence-electron chi connectivity index (χ1n) is 6.96. The molecule has 0 bridgehead atoms. The van der Waals surface area contributed by atoms with Crippen LogP contribution < -0.4 is 16.0 Å². The number of carbonyl (C=O) groups excluding carboxylic acids is 2. The van der Waals surface area contributed by atoms with E-state index >= 15 is 0 Å². The van der Waals surface area contributed by atoms with E-state index in [9.17, 15) is 9.59 Å². The van der Waals surface area contributed by atoms with Crippen LogP contribution in [0.5, 0.6) is 0 Å². The molecule has 0 atom stereocenters. The molecule has 0 heterocycles. The maximum absolute atomic E-state index is 11.7. The van der Waals surface area contributed by atoms with Crippen molar-refractivity contribution in [2.75, 3.05) is 17.2 Å². The maximum Gasteiger partial charge on any atom is 0.319 e. The summed E-state index contributed by atoms with van der Waals surface area (Å²) in [6, 6.07) is 6.85. The number of hydrogen-bond donors (Lipinski definition) is 3. The third-order valence-corrected chi connectivity index (χ3v) is 2.69. The van der Waals surface area contributed by atoms with Gasteiger partial charge in [0.15, 0.2) is 0 Å². The van der Waals surface area contributed by atoms with E-state index in [0.29, 0.717) is 30.3 Å². The number of anilines is 2.